The van der Waals surface area contributed by atoms with Gasteiger partial charge < -0.3 is 10.3 Å². The first kappa shape index (κ1) is 17.3. The summed E-state index contributed by atoms with van der Waals surface area (Å²) in [5, 5.41) is 2.70. The molecule has 7 heteroatoms. The van der Waals surface area contributed by atoms with Gasteiger partial charge in [-0.25, -0.2) is 13.8 Å². The van der Waals surface area contributed by atoms with Crippen LogP contribution >= 0.6 is 11.3 Å². The number of halogens is 2. The Morgan fingerprint density at radius 1 is 1.27 bits per heavy atom. The topological polar surface area (TPSA) is 62.4 Å². The monoisotopic (exact) mass is 376 g/mol. The predicted octanol–water partition coefficient (Wildman–Crippen LogP) is 2.97. The second kappa shape index (κ2) is 6.89. The van der Waals surface area contributed by atoms with E-state index in [-0.39, 0.29) is 11.6 Å². The van der Waals surface area contributed by atoms with Gasteiger partial charge in [-0.2, -0.15) is 0 Å². The molecule has 1 atom stereocenters. The number of nitrogens with two attached hydrogens (primary N) is 1. The largest absolute Gasteiger partial charge is 0.334 e. The van der Waals surface area contributed by atoms with Crippen LogP contribution in [0.2, 0.25) is 0 Å². The molecule has 0 unspecified atom stereocenters. The van der Waals surface area contributed by atoms with Crippen molar-refractivity contribution in [3.63, 3.8) is 0 Å². The third-order valence-electron chi connectivity index (χ3n) is 5.01. The van der Waals surface area contributed by atoms with E-state index in [1.165, 1.54) is 22.9 Å². The molecule has 0 amide bonds. The molecule has 1 aliphatic carbocycles. The van der Waals surface area contributed by atoms with E-state index >= 15 is 0 Å². The molecule has 26 heavy (non-hydrogen) atoms. The summed E-state index contributed by atoms with van der Waals surface area (Å²) in [5.41, 5.74) is 1.80. The van der Waals surface area contributed by atoms with Crippen molar-refractivity contribution >= 4 is 21.6 Å². The number of hydrogen-bond donors (Lipinski definition) is 2. The zero-order valence-corrected chi connectivity index (χ0v) is 15.3. The maximum absolute atomic E-state index is 13.4. The van der Waals surface area contributed by atoms with E-state index in [2.05, 4.69) is 9.97 Å². The fourth-order valence-corrected chi connectivity index (χ4v) is 4.81. The minimum atomic E-state index is -0.848. The number of fused-ring (bicyclic) bond motifs is 3. The molecule has 2 heterocycles. The molecule has 0 spiro atoms. The van der Waals surface area contributed by atoms with Crippen molar-refractivity contribution in [3.05, 3.63) is 62.0 Å². The summed E-state index contributed by atoms with van der Waals surface area (Å²) in [6.07, 6.45) is 4.28. The average molecular weight is 376 g/mol. The van der Waals surface area contributed by atoms with Gasteiger partial charge in [0.25, 0.3) is 5.56 Å². The van der Waals surface area contributed by atoms with Crippen LogP contribution in [0.3, 0.4) is 0 Å². The lowest BCUT2D eigenvalue weighted by Crippen LogP contribution is -2.83. The van der Waals surface area contributed by atoms with Gasteiger partial charge >= 0.3 is 0 Å². The van der Waals surface area contributed by atoms with Crippen LogP contribution in [-0.2, 0) is 19.4 Å². The molecule has 0 aliphatic heterocycles. The molecule has 3 N–H and O–H groups in total. The number of aryl methyl sites for hydroxylation is 2. The Morgan fingerprint density at radius 3 is 2.88 bits per heavy atom. The highest BCUT2D eigenvalue weighted by molar-refractivity contribution is 7.18. The van der Waals surface area contributed by atoms with Gasteiger partial charge in [-0.15, -0.1) is 11.3 Å². The molecule has 2 aromatic heterocycles. The van der Waals surface area contributed by atoms with E-state index in [4.69, 9.17) is 0 Å². The number of nitrogens with one attached hydrogen (secondary N) is 1. The summed E-state index contributed by atoms with van der Waals surface area (Å²) in [6, 6.07) is 3.84. The molecule has 1 aromatic carbocycles. The number of nitrogens with zero attached hydrogens (tertiary/aromatic N) is 1. The quantitative estimate of drug-likeness (QED) is 0.735. The van der Waals surface area contributed by atoms with Crippen LogP contribution in [0.5, 0.6) is 0 Å². The van der Waals surface area contributed by atoms with Crippen LogP contribution in [0.1, 0.15) is 47.6 Å². The number of thiophene rings is 1. The van der Waals surface area contributed by atoms with Crippen LogP contribution < -0.4 is 10.9 Å². The van der Waals surface area contributed by atoms with Gasteiger partial charge in [0.15, 0.2) is 17.5 Å². The van der Waals surface area contributed by atoms with Gasteiger partial charge in [-0.1, -0.05) is 0 Å². The van der Waals surface area contributed by atoms with Gasteiger partial charge in [0, 0.05) is 10.4 Å². The van der Waals surface area contributed by atoms with Crippen LogP contribution in [-0.4, -0.2) is 9.97 Å². The van der Waals surface area contributed by atoms with Crippen molar-refractivity contribution in [1.82, 2.24) is 9.97 Å². The first-order chi connectivity index (χ1) is 12.5. The first-order valence-electron chi connectivity index (χ1n) is 8.84. The van der Waals surface area contributed by atoms with Gasteiger partial charge in [0.05, 0.1) is 5.39 Å². The number of H-pyrrole nitrogens is 1. The molecule has 4 nitrogen and oxygen atoms in total. The third-order valence-corrected chi connectivity index (χ3v) is 6.19. The number of rotatable bonds is 4. The first-order valence-corrected chi connectivity index (χ1v) is 9.66. The van der Waals surface area contributed by atoms with Crippen LogP contribution in [0.4, 0.5) is 8.78 Å². The normalized spacial score (nSPS) is 15.2. The summed E-state index contributed by atoms with van der Waals surface area (Å²) >= 11 is 1.63. The zero-order chi connectivity index (χ0) is 18.3. The van der Waals surface area contributed by atoms with Crippen LogP contribution in [0.15, 0.2) is 23.0 Å². The van der Waals surface area contributed by atoms with Gasteiger partial charge in [0.2, 0.25) is 0 Å². The summed E-state index contributed by atoms with van der Waals surface area (Å²) in [4.78, 5) is 22.2. The molecule has 136 valence electrons. The lowest BCUT2D eigenvalue weighted by atomic mass is 9.97. The zero-order valence-electron chi connectivity index (χ0n) is 14.4. The average Bonchev–Trinajstić information content (AvgIpc) is 3.00. The van der Waals surface area contributed by atoms with E-state index in [0.717, 1.165) is 35.5 Å². The number of quaternary nitrogens is 1. The Morgan fingerprint density at radius 2 is 2.08 bits per heavy atom. The highest BCUT2D eigenvalue weighted by Crippen LogP contribution is 2.33. The second-order valence-electron chi connectivity index (χ2n) is 6.81. The van der Waals surface area contributed by atoms with Crippen molar-refractivity contribution in [2.24, 2.45) is 0 Å². The smallest absolute Gasteiger partial charge is 0.260 e. The molecule has 0 saturated heterocycles. The van der Waals surface area contributed by atoms with Gasteiger partial charge in [-0.05, 0) is 56.4 Å². The minimum absolute atomic E-state index is 0.0710. The van der Waals surface area contributed by atoms with Gasteiger partial charge in [-0.3, -0.25) is 4.79 Å². The molecule has 0 bridgehead atoms. The van der Waals surface area contributed by atoms with E-state index in [1.54, 1.807) is 17.4 Å². The predicted molar refractivity (Wildman–Crippen MR) is 97.3 cm³/mol. The van der Waals surface area contributed by atoms with Crippen molar-refractivity contribution in [2.45, 2.75) is 45.2 Å². The molecular formula is C19H20F2N3OS+. The highest BCUT2D eigenvalue weighted by Gasteiger charge is 2.20. The Bertz CT molecular complexity index is 1030. The van der Waals surface area contributed by atoms with Crippen LogP contribution in [0, 0.1) is 11.6 Å². The molecule has 3 aromatic rings. The third kappa shape index (κ3) is 3.17. The second-order valence-corrected chi connectivity index (χ2v) is 7.89. The molecule has 1 aliphatic rings. The van der Waals surface area contributed by atoms with Crippen molar-refractivity contribution in [2.75, 3.05) is 0 Å². The highest BCUT2D eigenvalue weighted by atomic mass is 32.1. The summed E-state index contributed by atoms with van der Waals surface area (Å²) in [6.45, 7) is 2.38. The Hall–Kier alpha value is -2.12. The molecule has 0 fully saturated rings. The van der Waals surface area contributed by atoms with E-state index in [1.807, 2.05) is 12.2 Å². The summed E-state index contributed by atoms with van der Waals surface area (Å²) in [5.74, 6) is -1.09. The maximum atomic E-state index is 13.4. The minimum Gasteiger partial charge on any atom is -0.334 e. The Labute approximate surface area is 153 Å². The van der Waals surface area contributed by atoms with E-state index in [0.29, 0.717) is 17.9 Å². The fourth-order valence-electron chi connectivity index (χ4n) is 3.53. The SMILES string of the molecule is C[C@H]([NH2+]Cc1nc2sc3c(c2c(=O)[nH]1)CCCC3)c1ccc(F)c(F)c1. The standard InChI is InChI=1S/C19H19F2N3OS/c1-10(11-6-7-13(20)14(21)8-11)22-9-16-23-18(25)17-12-4-2-3-5-15(12)26-19(17)24-16/h6-8,10,22H,2-5,9H2,1H3,(H,23,24,25)/p+1/t10-/m0/s1. The molecule has 0 radical (unpaired) electrons. The number of aromatic nitrogens is 2. The van der Waals surface area contributed by atoms with Crippen molar-refractivity contribution in [3.8, 4) is 0 Å². The number of aromatic amines is 1. The Kier molecular flexibility index (Phi) is 4.58. The summed E-state index contributed by atoms with van der Waals surface area (Å²) < 4.78 is 26.5. The van der Waals surface area contributed by atoms with Crippen molar-refractivity contribution in [1.29, 1.82) is 0 Å². The maximum Gasteiger partial charge on any atom is 0.260 e. The summed E-state index contributed by atoms with van der Waals surface area (Å²) in [7, 11) is 0. The lowest BCUT2D eigenvalue weighted by molar-refractivity contribution is -0.708. The Balaban J connectivity index is 1.55. The lowest BCUT2D eigenvalue weighted by Gasteiger charge is -2.11. The number of benzene rings is 1. The molecular weight excluding hydrogens is 356 g/mol. The molecule has 4 rings (SSSR count). The van der Waals surface area contributed by atoms with Gasteiger partial charge in [0.1, 0.15) is 17.4 Å². The van der Waals surface area contributed by atoms with Crippen LogP contribution in [0.25, 0.3) is 10.2 Å². The number of hydrogen-bond acceptors (Lipinski definition) is 3. The fraction of sp³-hybridized carbons (Fsp3) is 0.368. The van der Waals surface area contributed by atoms with Crippen molar-refractivity contribution < 1.29 is 14.1 Å². The van der Waals surface area contributed by atoms with E-state index < -0.39 is 11.6 Å². The molecule has 0 saturated carbocycles. The van der Waals surface area contributed by atoms with E-state index in [9.17, 15) is 13.6 Å².